The second kappa shape index (κ2) is 8.37. The number of anilines is 1. The number of carbonyl (C=O) groups excluding carboxylic acids is 2. The third kappa shape index (κ3) is 3.87. The number of halogens is 1. The number of nitrogens with zero attached hydrogens (tertiary/aromatic N) is 2. The predicted molar refractivity (Wildman–Crippen MR) is 132 cm³/mol. The molecule has 0 unspecified atom stereocenters. The quantitative estimate of drug-likeness (QED) is 0.330. The van der Waals surface area contributed by atoms with Gasteiger partial charge < -0.3 is 4.57 Å². The van der Waals surface area contributed by atoms with Crippen LogP contribution in [0, 0.1) is 27.7 Å². The molecule has 1 aliphatic heterocycles. The second-order valence-corrected chi connectivity index (χ2v) is 8.69. The van der Waals surface area contributed by atoms with Crippen LogP contribution >= 0.6 is 23.8 Å². The first-order valence-electron chi connectivity index (χ1n) is 10.1. The largest absolute Gasteiger partial charge is 0.318 e. The van der Waals surface area contributed by atoms with E-state index in [0.29, 0.717) is 10.7 Å². The number of rotatable bonds is 3. The van der Waals surface area contributed by atoms with Gasteiger partial charge in [0.15, 0.2) is 5.11 Å². The first kappa shape index (κ1) is 22.0. The molecule has 2 aromatic carbocycles. The molecule has 0 spiro atoms. The van der Waals surface area contributed by atoms with E-state index in [1.54, 1.807) is 6.08 Å². The van der Waals surface area contributed by atoms with Gasteiger partial charge in [0.1, 0.15) is 5.57 Å². The molecule has 2 heterocycles. The van der Waals surface area contributed by atoms with Gasteiger partial charge in [-0.2, -0.15) is 0 Å². The van der Waals surface area contributed by atoms with Gasteiger partial charge in [-0.05, 0) is 105 Å². The number of thiocarbonyl (C=S) groups is 1. The van der Waals surface area contributed by atoms with Crippen molar-refractivity contribution in [2.45, 2.75) is 27.7 Å². The minimum absolute atomic E-state index is 0.0354. The zero-order valence-electron chi connectivity index (χ0n) is 18.2. The van der Waals surface area contributed by atoms with Gasteiger partial charge in [0.2, 0.25) is 0 Å². The van der Waals surface area contributed by atoms with Crippen LogP contribution in [-0.4, -0.2) is 21.5 Å². The molecule has 7 heteroatoms. The Morgan fingerprint density at radius 3 is 2.22 bits per heavy atom. The lowest BCUT2D eigenvalue weighted by molar-refractivity contribution is -0.122. The van der Waals surface area contributed by atoms with Crippen molar-refractivity contribution in [2.75, 3.05) is 4.90 Å². The zero-order valence-corrected chi connectivity index (χ0v) is 19.8. The molecule has 162 valence electrons. The SMILES string of the molecule is Cc1ccc(N2C(=O)/C(=C\c3cc(C)n(-c4ccc(Cl)cc4)c3C)C(=O)NC2=S)cc1C. The van der Waals surface area contributed by atoms with Crippen LogP contribution in [0.1, 0.15) is 28.1 Å². The van der Waals surface area contributed by atoms with Crippen molar-refractivity contribution in [3.8, 4) is 5.69 Å². The van der Waals surface area contributed by atoms with Gasteiger partial charge in [-0.3, -0.25) is 19.8 Å². The van der Waals surface area contributed by atoms with Crippen LogP contribution in [-0.2, 0) is 9.59 Å². The van der Waals surface area contributed by atoms with E-state index in [4.69, 9.17) is 23.8 Å². The molecule has 32 heavy (non-hydrogen) atoms. The van der Waals surface area contributed by atoms with Crippen LogP contribution in [0.2, 0.25) is 5.02 Å². The number of amides is 2. The molecule has 2 amide bonds. The number of benzene rings is 2. The molecule has 3 aromatic rings. The Kier molecular flexibility index (Phi) is 5.75. The Balaban J connectivity index is 1.76. The molecule has 4 rings (SSSR count). The highest BCUT2D eigenvalue weighted by Gasteiger charge is 2.34. The van der Waals surface area contributed by atoms with Crippen molar-refractivity contribution in [3.63, 3.8) is 0 Å². The van der Waals surface area contributed by atoms with Gasteiger partial charge in [0.25, 0.3) is 11.8 Å². The molecule has 1 saturated heterocycles. The van der Waals surface area contributed by atoms with Crippen LogP contribution in [0.25, 0.3) is 11.8 Å². The van der Waals surface area contributed by atoms with Crippen LogP contribution in [0.4, 0.5) is 5.69 Å². The van der Waals surface area contributed by atoms with E-state index in [-0.39, 0.29) is 10.7 Å². The lowest BCUT2D eigenvalue weighted by Crippen LogP contribution is -2.54. The first-order chi connectivity index (χ1) is 15.2. The van der Waals surface area contributed by atoms with E-state index in [1.807, 2.05) is 76.2 Å². The van der Waals surface area contributed by atoms with Gasteiger partial charge in [0.05, 0.1) is 5.69 Å². The zero-order chi connectivity index (χ0) is 23.2. The molecule has 1 fully saturated rings. The van der Waals surface area contributed by atoms with E-state index in [0.717, 1.165) is 33.8 Å². The van der Waals surface area contributed by atoms with Crippen molar-refractivity contribution < 1.29 is 9.59 Å². The number of aryl methyl sites for hydroxylation is 3. The standard InChI is InChI=1S/C25H22ClN3O2S/c1-14-5-8-21(11-15(14)2)29-24(31)22(23(30)27-25(29)32)13-18-12-16(3)28(17(18)4)20-9-6-19(26)7-10-20/h5-13H,1-4H3,(H,27,30,32)/b22-13-. The third-order valence-electron chi connectivity index (χ3n) is 5.71. The fourth-order valence-corrected chi connectivity index (χ4v) is 4.24. The fourth-order valence-electron chi connectivity index (χ4n) is 3.83. The molecule has 0 saturated carbocycles. The van der Waals surface area contributed by atoms with Crippen LogP contribution < -0.4 is 10.2 Å². The Morgan fingerprint density at radius 2 is 1.56 bits per heavy atom. The Bertz CT molecular complexity index is 1310. The minimum atomic E-state index is -0.503. The summed E-state index contributed by atoms with van der Waals surface area (Å²) in [4.78, 5) is 27.4. The normalized spacial score (nSPS) is 15.5. The van der Waals surface area contributed by atoms with Crippen LogP contribution in [0.15, 0.2) is 54.1 Å². The highest BCUT2D eigenvalue weighted by molar-refractivity contribution is 7.80. The maximum atomic E-state index is 13.3. The summed E-state index contributed by atoms with van der Waals surface area (Å²) in [6.45, 7) is 7.89. The number of hydrogen-bond donors (Lipinski definition) is 1. The maximum Gasteiger partial charge on any atom is 0.270 e. The van der Waals surface area contributed by atoms with E-state index in [1.165, 1.54) is 4.90 Å². The van der Waals surface area contributed by atoms with Crippen LogP contribution in [0.5, 0.6) is 0 Å². The van der Waals surface area contributed by atoms with Gasteiger partial charge in [-0.15, -0.1) is 0 Å². The van der Waals surface area contributed by atoms with Crippen molar-refractivity contribution >= 4 is 52.5 Å². The maximum absolute atomic E-state index is 13.3. The van der Waals surface area contributed by atoms with Crippen molar-refractivity contribution in [3.05, 3.63) is 87.2 Å². The van der Waals surface area contributed by atoms with Crippen molar-refractivity contribution in [1.82, 2.24) is 9.88 Å². The molecule has 0 radical (unpaired) electrons. The van der Waals surface area contributed by atoms with Crippen molar-refractivity contribution in [1.29, 1.82) is 0 Å². The lowest BCUT2D eigenvalue weighted by Gasteiger charge is -2.29. The van der Waals surface area contributed by atoms with E-state index < -0.39 is 11.8 Å². The van der Waals surface area contributed by atoms with E-state index in [9.17, 15) is 9.59 Å². The van der Waals surface area contributed by atoms with Gasteiger partial charge in [-0.25, -0.2) is 0 Å². The average Bonchev–Trinajstić information content (AvgIpc) is 3.01. The molecule has 1 aromatic heterocycles. The summed E-state index contributed by atoms with van der Waals surface area (Å²) in [6, 6.07) is 15.1. The number of nitrogens with one attached hydrogen (secondary N) is 1. The predicted octanol–water partition coefficient (Wildman–Crippen LogP) is 5.20. The fraction of sp³-hybridized carbons (Fsp3) is 0.160. The van der Waals surface area contributed by atoms with Gasteiger partial charge in [0, 0.05) is 22.1 Å². The van der Waals surface area contributed by atoms with E-state index in [2.05, 4.69) is 9.88 Å². The van der Waals surface area contributed by atoms with Gasteiger partial charge in [-0.1, -0.05) is 17.7 Å². The number of aromatic nitrogens is 1. The molecule has 1 N–H and O–H groups in total. The summed E-state index contributed by atoms with van der Waals surface area (Å²) < 4.78 is 2.06. The molecular formula is C25H22ClN3O2S. The molecular weight excluding hydrogens is 442 g/mol. The van der Waals surface area contributed by atoms with E-state index >= 15 is 0 Å². The summed E-state index contributed by atoms with van der Waals surface area (Å²) in [5.41, 5.74) is 6.42. The highest BCUT2D eigenvalue weighted by Crippen LogP contribution is 2.27. The summed E-state index contributed by atoms with van der Waals surface area (Å²) in [5, 5.41) is 3.38. The van der Waals surface area contributed by atoms with Crippen LogP contribution in [0.3, 0.4) is 0 Å². The van der Waals surface area contributed by atoms with Crippen molar-refractivity contribution in [2.24, 2.45) is 0 Å². The minimum Gasteiger partial charge on any atom is -0.318 e. The number of hydrogen-bond acceptors (Lipinski definition) is 3. The monoisotopic (exact) mass is 463 g/mol. The van der Waals surface area contributed by atoms with Gasteiger partial charge >= 0.3 is 0 Å². The highest BCUT2D eigenvalue weighted by atomic mass is 35.5. The Morgan fingerprint density at radius 1 is 0.906 bits per heavy atom. The first-order valence-corrected chi connectivity index (χ1v) is 10.9. The Hall–Kier alpha value is -3.22. The summed E-state index contributed by atoms with van der Waals surface area (Å²) >= 11 is 11.3. The Labute approximate surface area is 197 Å². The summed E-state index contributed by atoms with van der Waals surface area (Å²) in [5.74, 6) is -0.949. The molecule has 0 aliphatic carbocycles. The average molecular weight is 464 g/mol. The molecule has 1 aliphatic rings. The lowest BCUT2D eigenvalue weighted by atomic mass is 10.1. The molecule has 5 nitrogen and oxygen atoms in total. The molecule has 0 bridgehead atoms. The molecule has 0 atom stereocenters. The number of carbonyl (C=O) groups is 2. The topological polar surface area (TPSA) is 54.3 Å². The second-order valence-electron chi connectivity index (χ2n) is 7.86. The summed E-state index contributed by atoms with van der Waals surface area (Å²) in [6.07, 6.45) is 1.63. The third-order valence-corrected chi connectivity index (χ3v) is 6.24. The smallest absolute Gasteiger partial charge is 0.270 e. The summed E-state index contributed by atoms with van der Waals surface area (Å²) in [7, 11) is 0.